The van der Waals surface area contributed by atoms with Gasteiger partial charge in [0.2, 0.25) is 94.5 Å². The number of aliphatic carboxylic acids is 1. The van der Waals surface area contributed by atoms with Gasteiger partial charge in [0.25, 0.3) is 0 Å². The Bertz CT molecular complexity index is 4540. The molecule has 0 saturated heterocycles. The van der Waals surface area contributed by atoms with Gasteiger partial charge in [-0.3, -0.25) is 81.5 Å². The molecular formula is C90H131N17O21. The molecule has 0 spiro atoms. The van der Waals surface area contributed by atoms with Crippen LogP contribution < -0.4 is 85.9 Å². The third-order valence-electron chi connectivity index (χ3n) is 22.6. The molecule has 2 heterocycles. The van der Waals surface area contributed by atoms with Crippen molar-refractivity contribution in [3.8, 4) is 5.75 Å². The zero-order chi connectivity index (χ0) is 94.7. The fourth-order valence-corrected chi connectivity index (χ4v) is 14.9. The number of hydrogen-bond acceptors (Lipinski definition) is 20. The maximum atomic E-state index is 15.6. The Morgan fingerprint density at radius 2 is 1.09 bits per heavy atom. The van der Waals surface area contributed by atoms with Crippen LogP contribution in [-0.2, 0) is 101 Å². The highest BCUT2D eigenvalue weighted by Crippen LogP contribution is 2.32. The molecule has 1 saturated carbocycles. The first kappa shape index (κ1) is 104. The maximum absolute atomic E-state index is 15.6. The highest BCUT2D eigenvalue weighted by molar-refractivity contribution is 6.02. The van der Waals surface area contributed by atoms with Crippen molar-refractivity contribution in [3.63, 3.8) is 0 Å². The molecule has 15 atom stereocenters. The van der Waals surface area contributed by atoms with E-state index >= 15 is 38.4 Å². The van der Waals surface area contributed by atoms with Crippen LogP contribution in [0.25, 0.3) is 10.9 Å². The molecule has 0 bridgehead atoms. The van der Waals surface area contributed by atoms with Crippen molar-refractivity contribution in [3.05, 3.63) is 114 Å². The van der Waals surface area contributed by atoms with E-state index in [1.54, 1.807) is 88.5 Å². The lowest BCUT2D eigenvalue weighted by molar-refractivity contribution is -0.140. The number of carboxylic acid groups (broad SMARTS) is 1. The van der Waals surface area contributed by atoms with E-state index in [2.05, 4.69) is 79.4 Å². The third-order valence-corrected chi connectivity index (χ3v) is 22.6. The summed E-state index contributed by atoms with van der Waals surface area (Å²) in [6.07, 6.45) is 4.71. The number of hydrogen-bond donors (Lipinski definition) is 21. The lowest BCUT2D eigenvalue weighted by Gasteiger charge is -2.35. The van der Waals surface area contributed by atoms with Gasteiger partial charge in [0, 0.05) is 56.1 Å². The number of amides is 16. The second-order valence-electron chi connectivity index (χ2n) is 34.8. The van der Waals surface area contributed by atoms with Crippen molar-refractivity contribution in [2.45, 2.75) is 300 Å². The number of nitrogens with one attached hydrogen (secondary N) is 15. The maximum Gasteiger partial charge on any atom is 0.303 e. The number of aliphatic hydroxyl groups excluding tert-OH is 2. The first-order valence-electron chi connectivity index (χ1n) is 43.8. The van der Waals surface area contributed by atoms with Crippen molar-refractivity contribution in [2.24, 2.45) is 29.2 Å². The van der Waals surface area contributed by atoms with Crippen molar-refractivity contribution < 1.29 is 102 Å². The largest absolute Gasteiger partial charge is 0.508 e. The molecule has 2 aliphatic rings. The first-order chi connectivity index (χ1) is 60.5. The van der Waals surface area contributed by atoms with Gasteiger partial charge in [0.05, 0.1) is 12.7 Å². The summed E-state index contributed by atoms with van der Waals surface area (Å²) < 4.78 is 0. The minimum absolute atomic E-state index is 0.0458. The zero-order valence-electron chi connectivity index (χ0n) is 74.6. The van der Waals surface area contributed by atoms with Gasteiger partial charge in [-0.05, 0) is 158 Å². The number of H-pyrrole nitrogens is 1. The van der Waals surface area contributed by atoms with Gasteiger partial charge in [0.1, 0.15) is 89.3 Å². The zero-order valence-corrected chi connectivity index (χ0v) is 74.6. The summed E-state index contributed by atoms with van der Waals surface area (Å²) in [6.45, 7) is 13.9. The number of aromatic hydroxyl groups is 1. The van der Waals surface area contributed by atoms with Gasteiger partial charge in [-0.25, -0.2) is 0 Å². The average molecular weight is 1790 g/mol. The van der Waals surface area contributed by atoms with Gasteiger partial charge < -0.3 is 111 Å². The molecule has 6 rings (SSSR count). The van der Waals surface area contributed by atoms with Crippen LogP contribution >= 0.6 is 0 Å². The smallest absolute Gasteiger partial charge is 0.303 e. The number of allylic oxidation sites excluding steroid dienone is 2. The summed E-state index contributed by atoms with van der Waals surface area (Å²) in [4.78, 5) is 245. The Kier molecular flexibility index (Phi) is 41.5. The van der Waals surface area contributed by atoms with E-state index < -0.39 is 229 Å². The molecule has 38 nitrogen and oxygen atoms in total. The Morgan fingerprint density at radius 3 is 1.68 bits per heavy atom. The molecule has 3 aromatic carbocycles. The number of carboxylic acids is 1. The van der Waals surface area contributed by atoms with E-state index in [1.165, 1.54) is 65.8 Å². The lowest BCUT2D eigenvalue weighted by Crippen LogP contribution is -2.65. The van der Waals surface area contributed by atoms with Crippen molar-refractivity contribution in [2.75, 3.05) is 6.61 Å². The van der Waals surface area contributed by atoms with Gasteiger partial charge in [0.15, 0.2) is 0 Å². The molecule has 0 radical (unpaired) electrons. The summed E-state index contributed by atoms with van der Waals surface area (Å²) in [5.41, 5.74) is 8.86. The number of fused-ring (bicyclic) bond motifs is 1. The van der Waals surface area contributed by atoms with E-state index in [4.69, 9.17) is 11.5 Å². The molecule has 1 aromatic heterocycles. The monoisotopic (exact) mass is 1790 g/mol. The van der Waals surface area contributed by atoms with Crippen molar-refractivity contribution in [1.29, 1.82) is 0 Å². The topological polar surface area (TPSA) is 607 Å². The van der Waals surface area contributed by atoms with E-state index in [9.17, 15) is 63.6 Å². The number of para-hydroxylation sites is 1. The normalized spacial score (nSPS) is 22.7. The molecule has 1 aliphatic heterocycles. The fraction of sp³-hybridized carbons (Fsp3) is 0.567. The number of phenolic OH excluding ortho intramolecular Hbond substituents is 1. The van der Waals surface area contributed by atoms with E-state index in [-0.39, 0.29) is 81.3 Å². The molecule has 4 aromatic rings. The van der Waals surface area contributed by atoms with Crippen molar-refractivity contribution in [1.82, 2.24) is 79.4 Å². The molecular weight excluding hydrogens is 1660 g/mol. The van der Waals surface area contributed by atoms with Gasteiger partial charge in [-0.1, -0.05) is 139 Å². The first-order valence-corrected chi connectivity index (χ1v) is 43.8. The van der Waals surface area contributed by atoms with Crippen LogP contribution in [0.4, 0.5) is 0 Å². The molecule has 38 heteroatoms. The number of carbonyl (C=O) groups is 17. The van der Waals surface area contributed by atoms with Gasteiger partial charge in [-0.15, -0.1) is 0 Å². The fourth-order valence-electron chi connectivity index (χ4n) is 14.9. The van der Waals surface area contributed by atoms with Crippen LogP contribution in [0.2, 0.25) is 0 Å². The van der Waals surface area contributed by atoms with Crippen LogP contribution in [0.3, 0.4) is 0 Å². The summed E-state index contributed by atoms with van der Waals surface area (Å²) >= 11 is 0. The highest BCUT2D eigenvalue weighted by atomic mass is 16.4. The van der Waals surface area contributed by atoms with Crippen LogP contribution in [0.1, 0.15) is 208 Å². The molecule has 1 fully saturated rings. The van der Waals surface area contributed by atoms with Crippen LogP contribution in [-0.4, -0.2) is 222 Å². The number of aromatic amines is 1. The number of aromatic nitrogens is 1. The molecule has 702 valence electrons. The molecule has 0 unspecified atom stereocenters. The van der Waals surface area contributed by atoms with Gasteiger partial charge >= 0.3 is 5.97 Å². The summed E-state index contributed by atoms with van der Waals surface area (Å²) in [6, 6.07) is 2.21. The third kappa shape index (κ3) is 34.1. The highest BCUT2D eigenvalue weighted by Gasteiger charge is 2.44. The summed E-state index contributed by atoms with van der Waals surface area (Å²) in [5, 5.41) is 79.8. The number of benzene rings is 3. The number of rotatable bonds is 34. The predicted molar refractivity (Wildman–Crippen MR) is 472 cm³/mol. The SMILES string of the molecule is CC(=O)N[C@@H](CC(C)C)C(=O)N[C@H](C(=O)N[C@@H](Cc1ccccc1)C(=O)N[C@]1(C)CCCCCC/C=C/CCC[C@@](C)(C(=O)N[C@H](CO)C(=O)N[C@H](C)C(=O)N[C@H](C)C(N)=O)NC(=O)[C@@H](CC2CCC2)NC(=O)[C@H](CC(C)C)NC(=O)[C@H](CCC(N)=O)NC(=O)[C@H](Cc2c[nH]c3ccccc23)NC(=O)[C@H](Cc2ccc(O)cc2)NC(=O)[C@H](CCC(=O)O)NC1=O)[C@@H](C)O. The van der Waals surface area contributed by atoms with Gasteiger partial charge in [-0.2, -0.15) is 0 Å². The molecule has 23 N–H and O–H groups in total. The van der Waals surface area contributed by atoms with Crippen LogP contribution in [0.15, 0.2) is 97.2 Å². The second kappa shape index (κ2) is 50.9. The average Bonchev–Trinajstić information content (AvgIpc) is 1.73. The Morgan fingerprint density at radius 1 is 0.523 bits per heavy atom. The number of primary amides is 2. The minimum Gasteiger partial charge on any atom is -0.508 e. The lowest BCUT2D eigenvalue weighted by atomic mass is 9.80. The Balaban J connectivity index is 1.47. The number of carbonyl (C=O) groups excluding carboxylic acids is 16. The predicted octanol–water partition coefficient (Wildman–Crippen LogP) is 0.880. The number of phenols is 1. The minimum atomic E-state index is -2.08. The molecule has 16 amide bonds. The van der Waals surface area contributed by atoms with Crippen molar-refractivity contribution >= 4 is 111 Å². The Labute approximate surface area is 745 Å². The summed E-state index contributed by atoms with van der Waals surface area (Å²) in [5.74, 6) is -17.3. The summed E-state index contributed by atoms with van der Waals surface area (Å²) in [7, 11) is 0. The number of nitrogens with two attached hydrogens (primary N) is 2. The van der Waals surface area contributed by atoms with E-state index in [0.717, 1.165) is 6.42 Å². The standard InChI is InChI=1S/C90H131N17O21/c1-50(2)42-65(96-55(8)110)82(122)105-74(54(7)109)86(126)102-69(44-56-26-19-18-20-27-56)85(125)107-89(9)40-23-16-14-12-11-13-15-17-24-41-90(10,88(128)104-71(49-108)83(123)95-53(6)76(116)94-52(5)75(92)115)106-84(124)68(45-57-28-25-29-57)100-79(119)66(43-51(3)4)98-77(117)63(36-38-72(91)112)97-81(121)70(47-59-48-93-62-31-22-21-30-61(59)62)101-80(120)67(46-58-32-34-60(111)35-33-58)99-78(118)64(103-87(89)127)37-39-73(113)114/h13,15,18-22,26-27,30-35,48,50-54,57,63-71,74,93,108-109,111H,11-12,14,16-17,23-25,28-29,36-47,49H2,1-10H3,(H2,91,112)(H2,92,115)(H,94,116)(H,95,123)(H,96,110)(H,97,121)(H,98,117)(H,99,118)(H,100,119)(H,101,120)(H,102,126)(H,103,127)(H,104,128)(H,105,122)(H,106,124)(H,107,125)(H,113,114)/b15-13+/t52-,53-,54-,63+,64+,65+,66+,67+,68-,69+,70+,71-,74+,89-,90+/m1/s1. The van der Waals surface area contributed by atoms with Crippen LogP contribution in [0, 0.1) is 17.8 Å². The van der Waals surface area contributed by atoms with E-state index in [0.29, 0.717) is 72.5 Å². The van der Waals surface area contributed by atoms with E-state index in [1.807, 2.05) is 12.2 Å². The molecule has 1 aliphatic carbocycles. The van der Waals surface area contributed by atoms with Crippen LogP contribution in [0.5, 0.6) is 5.75 Å². The quantitative estimate of drug-likeness (QED) is 0.0289. The number of aliphatic hydroxyl groups is 2. The Hall–Kier alpha value is -12.4. The molecule has 128 heavy (non-hydrogen) atoms. The second-order valence-corrected chi connectivity index (χ2v) is 34.8.